The molecule has 3 aromatic rings. The molecule has 1 aliphatic heterocycles. The summed E-state index contributed by atoms with van der Waals surface area (Å²) in [6.07, 6.45) is 2.22. The minimum absolute atomic E-state index is 0.0973. The Morgan fingerprint density at radius 3 is 2.58 bits per heavy atom. The van der Waals surface area contributed by atoms with Crippen LogP contribution in [0.5, 0.6) is 5.75 Å². The zero-order valence-corrected chi connectivity index (χ0v) is 23.6. The van der Waals surface area contributed by atoms with Crippen molar-refractivity contribution < 1.29 is 28.7 Å². The number of amides is 3. The highest BCUT2D eigenvalue weighted by Gasteiger charge is 2.36. The molecule has 1 aliphatic rings. The van der Waals surface area contributed by atoms with E-state index in [0.29, 0.717) is 22.8 Å². The van der Waals surface area contributed by atoms with Crippen LogP contribution in [0.1, 0.15) is 34.8 Å². The molecule has 11 heteroatoms. The average Bonchev–Trinajstić information content (AvgIpc) is 3.19. The lowest BCUT2D eigenvalue weighted by Gasteiger charge is -2.13. The molecule has 206 valence electrons. The number of hydrogen-bond donors (Lipinski definition) is 1. The Balaban J connectivity index is 1.39. The number of nitrogens with one attached hydrogen (secondary N) is 1. The summed E-state index contributed by atoms with van der Waals surface area (Å²) in [6.45, 7) is 1.87. The lowest BCUT2D eigenvalue weighted by atomic mass is 10.2. The van der Waals surface area contributed by atoms with Crippen molar-refractivity contribution in [1.82, 2.24) is 4.90 Å². The lowest BCUT2D eigenvalue weighted by Crippen LogP contribution is -2.36. The topological polar surface area (TPSA) is 102 Å². The molecule has 3 aromatic carbocycles. The smallest absolute Gasteiger partial charge is 0.339 e. The summed E-state index contributed by atoms with van der Waals surface area (Å²) in [5, 5.41) is 2.79. The summed E-state index contributed by atoms with van der Waals surface area (Å²) in [6, 6.07) is 18.7. The van der Waals surface area contributed by atoms with Crippen molar-refractivity contribution in [2.24, 2.45) is 0 Å². The summed E-state index contributed by atoms with van der Waals surface area (Å²) in [5.41, 5.74) is 1.85. The van der Waals surface area contributed by atoms with Gasteiger partial charge in [-0.1, -0.05) is 60.5 Å². The predicted molar refractivity (Wildman–Crippen MR) is 156 cm³/mol. The van der Waals surface area contributed by atoms with E-state index in [1.165, 1.54) is 18.2 Å². The number of benzene rings is 3. The fourth-order valence-corrected chi connectivity index (χ4v) is 4.86. The molecule has 8 nitrogen and oxygen atoms in total. The van der Waals surface area contributed by atoms with Crippen molar-refractivity contribution in [3.63, 3.8) is 0 Å². The van der Waals surface area contributed by atoms with Crippen LogP contribution in [0.15, 0.2) is 71.6 Å². The van der Waals surface area contributed by atoms with Crippen molar-refractivity contribution in [2.45, 2.75) is 20.0 Å². The molecule has 0 saturated carbocycles. The van der Waals surface area contributed by atoms with Gasteiger partial charge in [0.05, 0.1) is 22.1 Å². The Morgan fingerprint density at radius 1 is 1.00 bits per heavy atom. The molecule has 1 saturated heterocycles. The van der Waals surface area contributed by atoms with E-state index in [2.05, 4.69) is 5.32 Å². The van der Waals surface area contributed by atoms with E-state index in [4.69, 9.17) is 32.7 Å². The molecule has 0 spiro atoms. The highest BCUT2D eigenvalue weighted by molar-refractivity contribution is 8.18. The SMILES string of the molecule is CCCOC(=O)c1cc(NC(=O)CN2C(=O)S/C(=C/c3cccc(OCc4ccccc4Cl)c3)C2=O)ccc1Cl. The first-order valence-corrected chi connectivity index (χ1v) is 13.8. The number of esters is 1. The molecule has 0 atom stereocenters. The lowest BCUT2D eigenvalue weighted by molar-refractivity contribution is -0.127. The fourth-order valence-electron chi connectivity index (χ4n) is 3.63. The summed E-state index contributed by atoms with van der Waals surface area (Å²) >= 11 is 13.0. The van der Waals surface area contributed by atoms with Crippen molar-refractivity contribution in [1.29, 1.82) is 0 Å². The molecule has 40 heavy (non-hydrogen) atoms. The molecule has 4 rings (SSSR count). The van der Waals surface area contributed by atoms with Crippen molar-refractivity contribution in [2.75, 3.05) is 18.5 Å². The Labute approximate surface area is 245 Å². The van der Waals surface area contributed by atoms with Crippen LogP contribution in [-0.4, -0.2) is 41.1 Å². The largest absolute Gasteiger partial charge is 0.489 e. The zero-order valence-electron chi connectivity index (χ0n) is 21.3. The van der Waals surface area contributed by atoms with Crippen molar-refractivity contribution >= 4 is 69.8 Å². The molecule has 1 N–H and O–H groups in total. The van der Waals surface area contributed by atoms with Gasteiger partial charge in [0.2, 0.25) is 5.91 Å². The third-order valence-corrected chi connectivity index (χ3v) is 7.20. The van der Waals surface area contributed by atoms with Gasteiger partial charge in [0.25, 0.3) is 11.1 Å². The Hall–Kier alpha value is -3.79. The molecule has 0 radical (unpaired) electrons. The van der Waals surface area contributed by atoms with E-state index < -0.39 is 29.6 Å². The molecule has 0 aromatic heterocycles. The van der Waals surface area contributed by atoms with Gasteiger partial charge in [-0.3, -0.25) is 19.3 Å². The molecule has 0 aliphatic carbocycles. The summed E-state index contributed by atoms with van der Waals surface area (Å²) in [5.74, 6) is -1.26. The van der Waals surface area contributed by atoms with Crippen LogP contribution in [0.3, 0.4) is 0 Å². The van der Waals surface area contributed by atoms with Crippen LogP contribution in [0, 0.1) is 0 Å². The number of thioether (sulfide) groups is 1. The maximum absolute atomic E-state index is 12.9. The highest BCUT2D eigenvalue weighted by Crippen LogP contribution is 2.33. The third-order valence-electron chi connectivity index (χ3n) is 5.59. The van der Waals surface area contributed by atoms with E-state index in [1.807, 2.05) is 25.1 Å². The summed E-state index contributed by atoms with van der Waals surface area (Å²) in [7, 11) is 0. The normalized spacial score (nSPS) is 14.0. The molecular weight excluding hydrogens is 575 g/mol. The minimum atomic E-state index is -0.617. The van der Waals surface area contributed by atoms with Gasteiger partial charge < -0.3 is 14.8 Å². The number of carbonyl (C=O) groups excluding carboxylic acids is 4. The van der Waals surface area contributed by atoms with E-state index >= 15 is 0 Å². The summed E-state index contributed by atoms with van der Waals surface area (Å²) in [4.78, 5) is 51.4. The van der Waals surface area contributed by atoms with Gasteiger partial charge in [-0.05, 0) is 66.2 Å². The van der Waals surface area contributed by atoms with Gasteiger partial charge in [-0.25, -0.2) is 4.79 Å². The number of anilines is 1. The first kappa shape index (κ1) is 29.2. The van der Waals surface area contributed by atoms with Gasteiger partial charge >= 0.3 is 5.97 Å². The molecule has 1 heterocycles. The van der Waals surface area contributed by atoms with Crippen LogP contribution in [0.2, 0.25) is 10.0 Å². The van der Waals surface area contributed by atoms with Gasteiger partial charge in [-0.15, -0.1) is 0 Å². The zero-order chi connectivity index (χ0) is 28.6. The second-order valence-corrected chi connectivity index (χ2v) is 10.4. The summed E-state index contributed by atoms with van der Waals surface area (Å²) < 4.78 is 10.9. The third kappa shape index (κ3) is 7.44. The van der Waals surface area contributed by atoms with Gasteiger partial charge in [0.1, 0.15) is 18.9 Å². The van der Waals surface area contributed by atoms with Crippen LogP contribution in [0.25, 0.3) is 6.08 Å². The Kier molecular flexibility index (Phi) is 9.87. The number of ether oxygens (including phenoxy) is 2. The quantitative estimate of drug-likeness (QED) is 0.202. The predicted octanol–water partition coefficient (Wildman–Crippen LogP) is 6.81. The van der Waals surface area contributed by atoms with Crippen molar-refractivity contribution in [3.05, 3.63) is 98.4 Å². The average molecular weight is 599 g/mol. The molecule has 1 fully saturated rings. The maximum Gasteiger partial charge on any atom is 0.339 e. The van der Waals surface area contributed by atoms with Crippen LogP contribution in [-0.2, 0) is 20.9 Å². The van der Waals surface area contributed by atoms with E-state index in [1.54, 1.807) is 36.4 Å². The second kappa shape index (κ2) is 13.5. The van der Waals surface area contributed by atoms with Crippen molar-refractivity contribution in [3.8, 4) is 5.75 Å². The first-order valence-electron chi connectivity index (χ1n) is 12.2. The Bertz CT molecular complexity index is 1490. The number of halogens is 2. The maximum atomic E-state index is 12.9. The highest BCUT2D eigenvalue weighted by atomic mass is 35.5. The Morgan fingerprint density at radius 2 is 1.80 bits per heavy atom. The van der Waals surface area contributed by atoms with E-state index in [0.717, 1.165) is 22.2 Å². The first-order chi connectivity index (χ1) is 19.2. The molecular formula is C29H24Cl2N2O6S. The van der Waals surface area contributed by atoms with Crippen LogP contribution in [0.4, 0.5) is 10.5 Å². The number of rotatable bonds is 10. The standard InChI is InChI=1S/C29H24Cl2N2O6S/c1-2-12-38-28(36)22-15-20(10-11-24(22)31)32-26(34)16-33-27(35)25(40-29(33)37)14-18-6-5-8-21(13-18)39-17-19-7-3-4-9-23(19)30/h3-11,13-15H,2,12,16-17H2,1H3,(H,32,34)/b25-14+. The molecule has 0 bridgehead atoms. The minimum Gasteiger partial charge on any atom is -0.489 e. The molecule has 3 amide bonds. The van der Waals surface area contributed by atoms with Gasteiger partial charge in [-0.2, -0.15) is 0 Å². The number of imide groups is 1. The molecule has 0 unspecified atom stereocenters. The fraction of sp³-hybridized carbons (Fsp3) is 0.172. The van der Waals surface area contributed by atoms with E-state index in [9.17, 15) is 19.2 Å². The van der Waals surface area contributed by atoms with Crippen LogP contribution >= 0.6 is 35.0 Å². The number of carbonyl (C=O) groups is 4. The second-order valence-electron chi connectivity index (χ2n) is 8.60. The monoisotopic (exact) mass is 598 g/mol. The van der Waals surface area contributed by atoms with E-state index in [-0.39, 0.29) is 34.4 Å². The van der Waals surface area contributed by atoms with Gasteiger partial charge in [0, 0.05) is 16.3 Å². The number of nitrogens with zero attached hydrogens (tertiary/aromatic N) is 1. The van der Waals surface area contributed by atoms with Gasteiger partial charge in [0.15, 0.2) is 0 Å². The van der Waals surface area contributed by atoms with Crippen LogP contribution < -0.4 is 10.1 Å². The number of hydrogen-bond acceptors (Lipinski definition) is 7.